The molecule has 0 bridgehead atoms. The molecule has 0 radical (unpaired) electrons. The topological polar surface area (TPSA) is 144 Å². The van der Waals surface area contributed by atoms with Gasteiger partial charge in [-0.1, -0.05) is 30.3 Å². The first kappa shape index (κ1) is 20.2. The first-order chi connectivity index (χ1) is 14.7. The highest BCUT2D eigenvalue weighted by Gasteiger charge is 2.36. The third-order valence-corrected chi connectivity index (χ3v) is 6.12. The van der Waals surface area contributed by atoms with Crippen LogP contribution < -0.4 is 4.72 Å². The van der Waals surface area contributed by atoms with Crippen molar-refractivity contribution < 1.29 is 27.7 Å². The Kier molecular flexibility index (Phi) is 4.74. The van der Waals surface area contributed by atoms with Crippen molar-refractivity contribution in [2.45, 2.75) is 4.90 Å². The van der Waals surface area contributed by atoms with Crippen LogP contribution in [0.4, 0.5) is 5.69 Å². The van der Waals surface area contributed by atoms with Crippen molar-refractivity contribution >= 4 is 44.2 Å². The van der Waals surface area contributed by atoms with Crippen molar-refractivity contribution in [1.29, 1.82) is 0 Å². The van der Waals surface area contributed by atoms with Crippen LogP contribution in [-0.2, 0) is 14.8 Å². The number of imide groups is 1. The van der Waals surface area contributed by atoms with E-state index in [4.69, 9.17) is 0 Å². The minimum absolute atomic E-state index is 0.0840. The Morgan fingerprint density at radius 1 is 0.968 bits per heavy atom. The number of hydrogen-bond acceptors (Lipinski definition) is 7. The molecule has 11 heteroatoms. The van der Waals surface area contributed by atoms with Crippen LogP contribution in [0, 0.1) is 10.1 Å². The maximum atomic E-state index is 12.9. The van der Waals surface area contributed by atoms with Gasteiger partial charge in [-0.25, -0.2) is 13.1 Å². The van der Waals surface area contributed by atoms with Gasteiger partial charge in [0.25, 0.3) is 33.4 Å². The predicted molar refractivity (Wildman–Crippen MR) is 108 cm³/mol. The third kappa shape index (κ3) is 3.51. The quantitative estimate of drug-likeness (QED) is 0.363. The molecular formula is C20H13N3O7S. The van der Waals surface area contributed by atoms with Gasteiger partial charge >= 0.3 is 0 Å². The second-order valence-corrected chi connectivity index (χ2v) is 8.37. The molecule has 0 saturated heterocycles. The fraction of sp³-hybridized carbons (Fsp3) is 0.0500. The smallest absolute Gasteiger partial charge is 0.270 e. The van der Waals surface area contributed by atoms with Gasteiger partial charge < -0.3 is 0 Å². The summed E-state index contributed by atoms with van der Waals surface area (Å²) >= 11 is 0. The standard InChI is InChI=1S/C20H13N3O7S/c24-17(21-31(29,30)14-6-2-1-3-7-14)11-22-19(25)15-8-4-5-12-9-13(23(27)28)10-16(18(12)15)20(22)26/h1-10H,11H2,(H,21,24). The zero-order chi connectivity index (χ0) is 22.3. The van der Waals surface area contributed by atoms with Crippen molar-refractivity contribution in [1.82, 2.24) is 9.62 Å². The molecule has 4 rings (SSSR count). The van der Waals surface area contributed by atoms with Crippen LogP contribution in [0.5, 0.6) is 0 Å². The van der Waals surface area contributed by atoms with Gasteiger partial charge in [0.1, 0.15) is 6.54 Å². The van der Waals surface area contributed by atoms with Crippen LogP contribution in [0.3, 0.4) is 0 Å². The summed E-state index contributed by atoms with van der Waals surface area (Å²) in [5.74, 6) is -2.83. The molecule has 1 N–H and O–H groups in total. The average Bonchev–Trinajstić information content (AvgIpc) is 2.74. The summed E-state index contributed by atoms with van der Waals surface area (Å²) in [7, 11) is -4.20. The number of hydrogen-bond donors (Lipinski definition) is 1. The van der Waals surface area contributed by atoms with E-state index < -0.39 is 39.2 Å². The number of nitro benzene ring substituents is 1. The maximum Gasteiger partial charge on any atom is 0.270 e. The van der Waals surface area contributed by atoms with E-state index in [2.05, 4.69) is 0 Å². The lowest BCUT2D eigenvalue weighted by atomic mass is 9.93. The number of carbonyl (C=O) groups excluding carboxylic acids is 3. The van der Waals surface area contributed by atoms with Gasteiger partial charge in [-0.2, -0.15) is 0 Å². The van der Waals surface area contributed by atoms with E-state index in [0.717, 1.165) is 6.07 Å². The molecule has 0 saturated carbocycles. The maximum absolute atomic E-state index is 12.9. The zero-order valence-electron chi connectivity index (χ0n) is 15.6. The Morgan fingerprint density at radius 3 is 2.32 bits per heavy atom. The summed E-state index contributed by atoms with van der Waals surface area (Å²) in [4.78, 5) is 49.1. The van der Waals surface area contributed by atoms with Gasteiger partial charge in [0.05, 0.1) is 15.4 Å². The molecule has 3 aromatic rings. The van der Waals surface area contributed by atoms with E-state index in [1.165, 1.54) is 48.5 Å². The highest BCUT2D eigenvalue weighted by molar-refractivity contribution is 7.90. The molecular weight excluding hydrogens is 426 g/mol. The van der Waals surface area contributed by atoms with Crippen LogP contribution in [0.15, 0.2) is 65.6 Å². The molecule has 0 atom stereocenters. The highest BCUT2D eigenvalue weighted by atomic mass is 32.2. The Labute approximate surface area is 175 Å². The minimum Gasteiger partial charge on any atom is -0.272 e. The Morgan fingerprint density at radius 2 is 1.65 bits per heavy atom. The summed E-state index contributed by atoms with van der Waals surface area (Å²) in [5, 5.41) is 11.8. The number of sulfonamides is 1. The van der Waals surface area contributed by atoms with Crippen LogP contribution in [0.2, 0.25) is 0 Å². The molecule has 3 aromatic carbocycles. The number of rotatable bonds is 5. The Balaban J connectivity index is 1.67. The van der Waals surface area contributed by atoms with E-state index in [9.17, 15) is 32.9 Å². The van der Waals surface area contributed by atoms with Crippen LogP contribution in [-0.4, -0.2) is 42.5 Å². The lowest BCUT2D eigenvalue weighted by Gasteiger charge is -2.26. The monoisotopic (exact) mass is 439 g/mol. The SMILES string of the molecule is O=C(CN1C(=O)c2cccc3cc([N+](=O)[O-])cc(c23)C1=O)NS(=O)(=O)c1ccccc1. The summed E-state index contributed by atoms with van der Waals surface area (Å²) in [5.41, 5.74) is -0.378. The summed E-state index contributed by atoms with van der Waals surface area (Å²) in [6.07, 6.45) is 0. The zero-order valence-corrected chi connectivity index (χ0v) is 16.5. The molecule has 3 amide bonds. The number of nitrogens with zero attached hydrogens (tertiary/aromatic N) is 2. The number of carbonyl (C=O) groups is 3. The number of nitrogens with one attached hydrogen (secondary N) is 1. The molecule has 31 heavy (non-hydrogen) atoms. The second kappa shape index (κ2) is 7.29. The van der Waals surface area contributed by atoms with Crippen LogP contribution >= 0.6 is 0 Å². The van der Waals surface area contributed by atoms with Crippen molar-refractivity contribution in [3.05, 3.63) is 81.9 Å². The van der Waals surface area contributed by atoms with Gasteiger partial charge in [-0.05, 0) is 23.6 Å². The first-order valence-electron chi connectivity index (χ1n) is 8.87. The molecule has 156 valence electrons. The van der Waals surface area contributed by atoms with Crippen molar-refractivity contribution in [3.8, 4) is 0 Å². The third-order valence-electron chi connectivity index (χ3n) is 4.73. The van der Waals surface area contributed by atoms with Crippen molar-refractivity contribution in [2.75, 3.05) is 6.54 Å². The molecule has 1 aliphatic heterocycles. The Hall–Kier alpha value is -4.12. The normalized spacial score (nSPS) is 13.4. The number of non-ortho nitro benzene ring substituents is 1. The average molecular weight is 439 g/mol. The largest absolute Gasteiger partial charge is 0.272 e. The minimum atomic E-state index is -4.20. The number of benzene rings is 3. The van der Waals surface area contributed by atoms with Gasteiger partial charge in [0, 0.05) is 23.1 Å². The lowest BCUT2D eigenvalue weighted by molar-refractivity contribution is -0.384. The fourth-order valence-corrected chi connectivity index (χ4v) is 4.37. The van der Waals surface area contributed by atoms with Gasteiger partial charge in [0.15, 0.2) is 0 Å². The second-order valence-electron chi connectivity index (χ2n) is 6.69. The van der Waals surface area contributed by atoms with Crippen LogP contribution in [0.1, 0.15) is 20.7 Å². The highest BCUT2D eigenvalue weighted by Crippen LogP contribution is 2.33. The van der Waals surface area contributed by atoms with Gasteiger partial charge in [-0.3, -0.25) is 29.4 Å². The molecule has 0 aliphatic carbocycles. The molecule has 1 heterocycles. The van der Waals surface area contributed by atoms with E-state index in [0.29, 0.717) is 10.3 Å². The number of amides is 3. The molecule has 0 aromatic heterocycles. The molecule has 1 aliphatic rings. The van der Waals surface area contributed by atoms with Crippen LogP contribution in [0.25, 0.3) is 10.8 Å². The van der Waals surface area contributed by atoms with Crippen molar-refractivity contribution in [2.24, 2.45) is 0 Å². The first-order valence-corrected chi connectivity index (χ1v) is 10.4. The summed E-state index contributed by atoms with van der Waals surface area (Å²) < 4.78 is 26.5. The Bertz CT molecular complexity index is 1380. The molecule has 10 nitrogen and oxygen atoms in total. The van der Waals surface area contributed by atoms with E-state index in [-0.39, 0.29) is 27.1 Å². The number of nitro groups is 1. The summed E-state index contributed by atoms with van der Waals surface area (Å²) in [6, 6.07) is 13.8. The fourth-order valence-electron chi connectivity index (χ4n) is 3.38. The summed E-state index contributed by atoms with van der Waals surface area (Å²) in [6.45, 7) is -0.873. The van der Waals surface area contributed by atoms with E-state index in [1.54, 1.807) is 6.07 Å². The molecule has 0 spiro atoms. The lowest BCUT2D eigenvalue weighted by Crippen LogP contribution is -2.47. The molecule has 0 fully saturated rings. The van der Waals surface area contributed by atoms with Crippen molar-refractivity contribution in [3.63, 3.8) is 0 Å². The van der Waals surface area contributed by atoms with Gasteiger partial charge in [0.2, 0.25) is 0 Å². The van der Waals surface area contributed by atoms with E-state index >= 15 is 0 Å². The predicted octanol–water partition coefficient (Wildman–Crippen LogP) is 1.85. The molecule has 0 unspecified atom stereocenters. The van der Waals surface area contributed by atoms with Gasteiger partial charge in [-0.15, -0.1) is 0 Å². The van der Waals surface area contributed by atoms with E-state index in [1.807, 2.05) is 4.72 Å².